The molecule has 130 valence electrons. The number of nitrogens with zero attached hydrogens (tertiary/aromatic N) is 2. The summed E-state index contributed by atoms with van der Waals surface area (Å²) < 4.78 is 0. The number of fused-ring (bicyclic) bond motifs is 2. The first-order valence-corrected chi connectivity index (χ1v) is 8.71. The lowest BCUT2D eigenvalue weighted by atomic mass is 9.82. The minimum absolute atomic E-state index is 0.00556. The summed E-state index contributed by atoms with van der Waals surface area (Å²) in [6, 6.07) is 4.39. The number of amides is 3. The van der Waals surface area contributed by atoms with E-state index in [-0.39, 0.29) is 29.3 Å². The molecule has 1 unspecified atom stereocenters. The van der Waals surface area contributed by atoms with Crippen LogP contribution < -0.4 is 0 Å². The summed E-state index contributed by atoms with van der Waals surface area (Å²) in [5, 5.41) is 9.85. The fourth-order valence-corrected chi connectivity index (χ4v) is 4.05. The molecule has 3 aliphatic rings. The molecule has 1 aromatic rings. The number of carbonyl (C=O) groups is 3. The van der Waals surface area contributed by atoms with Crippen LogP contribution in [0.5, 0.6) is 5.75 Å². The Balaban J connectivity index is 1.49. The molecule has 1 saturated heterocycles. The summed E-state index contributed by atoms with van der Waals surface area (Å²) in [5.41, 5.74) is 1.46. The molecule has 1 atom stereocenters. The van der Waals surface area contributed by atoms with Crippen LogP contribution in [0, 0.1) is 5.92 Å². The summed E-state index contributed by atoms with van der Waals surface area (Å²) in [6.07, 6.45) is 6.63. The Morgan fingerprint density at radius 2 is 2.04 bits per heavy atom. The van der Waals surface area contributed by atoms with Crippen molar-refractivity contribution in [2.45, 2.75) is 25.7 Å². The molecule has 6 heteroatoms. The lowest BCUT2D eigenvalue weighted by Crippen LogP contribution is -2.46. The van der Waals surface area contributed by atoms with Crippen LogP contribution in [0.15, 0.2) is 29.8 Å². The maximum atomic E-state index is 12.6. The minimum atomic E-state index is -0.599. The Bertz CT molecular complexity index is 799. The zero-order valence-corrected chi connectivity index (χ0v) is 13.9. The molecule has 4 rings (SSSR count). The third-order valence-corrected chi connectivity index (χ3v) is 5.43. The summed E-state index contributed by atoms with van der Waals surface area (Å²) in [5.74, 6) is -0.985. The van der Waals surface area contributed by atoms with Crippen LogP contribution >= 0.6 is 0 Å². The van der Waals surface area contributed by atoms with Crippen LogP contribution in [0.25, 0.3) is 0 Å². The monoisotopic (exact) mass is 340 g/mol. The van der Waals surface area contributed by atoms with E-state index in [9.17, 15) is 19.5 Å². The van der Waals surface area contributed by atoms with E-state index in [2.05, 4.69) is 6.08 Å². The molecule has 2 aliphatic heterocycles. The van der Waals surface area contributed by atoms with Crippen molar-refractivity contribution in [2.75, 3.05) is 19.6 Å². The van der Waals surface area contributed by atoms with E-state index >= 15 is 0 Å². The number of piperidine rings is 1. The number of carbonyl (C=O) groups excluding carboxylic acids is 3. The van der Waals surface area contributed by atoms with Crippen molar-refractivity contribution in [3.05, 3.63) is 41.0 Å². The lowest BCUT2D eigenvalue weighted by molar-refractivity contribution is -0.132. The van der Waals surface area contributed by atoms with E-state index in [4.69, 9.17) is 0 Å². The SMILES string of the molecule is O=C(CN1C(=O)c2cccc(O)c2C1=O)N1CCC2CCCC=C2C1. The van der Waals surface area contributed by atoms with Gasteiger partial charge in [-0.3, -0.25) is 19.3 Å². The molecule has 3 amide bonds. The molecule has 0 aromatic heterocycles. The Hall–Kier alpha value is -2.63. The predicted octanol–water partition coefficient (Wildman–Crippen LogP) is 1.95. The third-order valence-electron chi connectivity index (χ3n) is 5.43. The van der Waals surface area contributed by atoms with Crippen molar-refractivity contribution in [1.82, 2.24) is 9.80 Å². The van der Waals surface area contributed by atoms with E-state index in [1.807, 2.05) is 0 Å². The van der Waals surface area contributed by atoms with Crippen LogP contribution in [0.2, 0.25) is 0 Å². The third kappa shape index (κ3) is 2.62. The second-order valence-electron chi connectivity index (χ2n) is 6.91. The fraction of sp³-hybridized carbons (Fsp3) is 0.421. The largest absolute Gasteiger partial charge is 0.507 e. The van der Waals surface area contributed by atoms with Gasteiger partial charge in [-0.2, -0.15) is 0 Å². The molecule has 25 heavy (non-hydrogen) atoms. The van der Waals surface area contributed by atoms with Gasteiger partial charge in [0, 0.05) is 13.1 Å². The molecular formula is C19H20N2O4. The topological polar surface area (TPSA) is 77.9 Å². The van der Waals surface area contributed by atoms with Crippen molar-refractivity contribution in [2.24, 2.45) is 5.92 Å². The highest BCUT2D eigenvalue weighted by Crippen LogP contribution is 2.33. The standard InChI is InChI=1S/C19H20N2O4/c22-15-7-3-6-14-17(15)19(25)21(18(14)24)11-16(23)20-9-8-12-4-1-2-5-13(12)10-20/h3,5-7,12,22H,1-2,4,8-11H2. The van der Waals surface area contributed by atoms with Gasteiger partial charge in [0.15, 0.2) is 0 Å². The second kappa shape index (κ2) is 6.02. The molecule has 6 nitrogen and oxygen atoms in total. The molecule has 0 radical (unpaired) electrons. The number of aromatic hydroxyl groups is 1. The van der Waals surface area contributed by atoms with Gasteiger partial charge in [0.25, 0.3) is 11.8 Å². The number of benzene rings is 1. The molecule has 0 spiro atoms. The molecule has 1 fully saturated rings. The lowest BCUT2D eigenvalue weighted by Gasteiger charge is -2.36. The molecule has 1 N–H and O–H groups in total. The minimum Gasteiger partial charge on any atom is -0.507 e. The number of imide groups is 1. The summed E-state index contributed by atoms with van der Waals surface area (Å²) >= 11 is 0. The highest BCUT2D eigenvalue weighted by Gasteiger charge is 2.39. The van der Waals surface area contributed by atoms with Gasteiger partial charge in [-0.15, -0.1) is 0 Å². The summed E-state index contributed by atoms with van der Waals surface area (Å²) in [7, 11) is 0. The maximum absolute atomic E-state index is 12.6. The van der Waals surface area contributed by atoms with Gasteiger partial charge in [0.1, 0.15) is 12.3 Å². The van der Waals surface area contributed by atoms with E-state index in [1.165, 1.54) is 36.6 Å². The van der Waals surface area contributed by atoms with Gasteiger partial charge in [-0.25, -0.2) is 0 Å². The highest BCUT2D eigenvalue weighted by atomic mass is 16.3. The molecular weight excluding hydrogens is 320 g/mol. The number of hydrogen-bond donors (Lipinski definition) is 1. The Morgan fingerprint density at radius 1 is 1.20 bits per heavy atom. The van der Waals surface area contributed by atoms with E-state index in [0.29, 0.717) is 19.0 Å². The van der Waals surface area contributed by atoms with Crippen molar-refractivity contribution in [3.63, 3.8) is 0 Å². The normalized spacial score (nSPS) is 22.6. The summed E-state index contributed by atoms with van der Waals surface area (Å²) in [4.78, 5) is 40.2. The molecule has 0 bridgehead atoms. The number of rotatable bonds is 2. The van der Waals surface area contributed by atoms with E-state index in [1.54, 1.807) is 4.90 Å². The van der Waals surface area contributed by atoms with Gasteiger partial charge in [-0.1, -0.05) is 17.7 Å². The number of phenols is 1. The van der Waals surface area contributed by atoms with E-state index < -0.39 is 11.8 Å². The van der Waals surface area contributed by atoms with Gasteiger partial charge < -0.3 is 10.0 Å². The Morgan fingerprint density at radius 3 is 2.84 bits per heavy atom. The first kappa shape index (κ1) is 15.9. The number of allylic oxidation sites excluding steroid dienone is 1. The number of hydrogen-bond acceptors (Lipinski definition) is 4. The quantitative estimate of drug-likeness (QED) is 0.659. The Labute approximate surface area is 145 Å². The molecule has 2 heterocycles. The predicted molar refractivity (Wildman–Crippen MR) is 90.1 cm³/mol. The molecule has 1 aromatic carbocycles. The van der Waals surface area contributed by atoms with Crippen LogP contribution in [0.1, 0.15) is 46.4 Å². The molecule has 1 aliphatic carbocycles. The van der Waals surface area contributed by atoms with Crippen LogP contribution in [-0.2, 0) is 4.79 Å². The highest BCUT2D eigenvalue weighted by molar-refractivity contribution is 6.23. The first-order valence-electron chi connectivity index (χ1n) is 8.71. The van der Waals surface area contributed by atoms with Crippen molar-refractivity contribution in [1.29, 1.82) is 0 Å². The van der Waals surface area contributed by atoms with E-state index in [0.717, 1.165) is 17.7 Å². The smallest absolute Gasteiger partial charge is 0.265 e. The number of likely N-dealkylation sites (tertiary alicyclic amines) is 1. The average molecular weight is 340 g/mol. The zero-order chi connectivity index (χ0) is 17.6. The first-order chi connectivity index (χ1) is 12.1. The Kier molecular flexibility index (Phi) is 3.82. The van der Waals surface area contributed by atoms with Crippen molar-refractivity contribution >= 4 is 17.7 Å². The van der Waals surface area contributed by atoms with Gasteiger partial charge >= 0.3 is 0 Å². The van der Waals surface area contributed by atoms with Crippen LogP contribution in [0.4, 0.5) is 0 Å². The second-order valence-corrected chi connectivity index (χ2v) is 6.91. The van der Waals surface area contributed by atoms with Crippen molar-refractivity contribution < 1.29 is 19.5 Å². The summed E-state index contributed by atoms with van der Waals surface area (Å²) in [6.45, 7) is 0.983. The maximum Gasteiger partial charge on any atom is 0.265 e. The zero-order valence-electron chi connectivity index (χ0n) is 13.9. The van der Waals surface area contributed by atoms with Crippen LogP contribution in [-0.4, -0.2) is 52.3 Å². The van der Waals surface area contributed by atoms with Crippen LogP contribution in [0.3, 0.4) is 0 Å². The van der Waals surface area contributed by atoms with Gasteiger partial charge in [0.05, 0.1) is 11.1 Å². The van der Waals surface area contributed by atoms with Gasteiger partial charge in [0.2, 0.25) is 5.91 Å². The average Bonchev–Trinajstić information content (AvgIpc) is 2.87. The number of phenolic OH excluding ortho intramolecular Hbond substituents is 1. The molecule has 0 saturated carbocycles. The van der Waals surface area contributed by atoms with Crippen molar-refractivity contribution in [3.8, 4) is 5.75 Å². The van der Waals surface area contributed by atoms with Gasteiger partial charge in [-0.05, 0) is 43.7 Å². The fourth-order valence-electron chi connectivity index (χ4n) is 4.05.